The molecule has 0 aliphatic heterocycles. The molecule has 1 amide bonds. The van der Waals surface area contributed by atoms with E-state index in [1.807, 2.05) is 48.5 Å². The zero-order chi connectivity index (χ0) is 22.9. The molecule has 0 aliphatic carbocycles. The normalized spacial score (nSPS) is 11.4. The van der Waals surface area contributed by atoms with Crippen LogP contribution in [-0.4, -0.2) is 22.0 Å². The molecule has 0 atom stereocenters. The molecular formula is C23H13BrN4O3S2. The van der Waals surface area contributed by atoms with Crippen molar-refractivity contribution >= 4 is 81.8 Å². The summed E-state index contributed by atoms with van der Waals surface area (Å²) in [5.74, 6) is -0.357. The summed E-state index contributed by atoms with van der Waals surface area (Å²) in [6, 6.07) is 21.4. The highest BCUT2D eigenvalue weighted by atomic mass is 79.9. The van der Waals surface area contributed by atoms with Gasteiger partial charge in [0, 0.05) is 26.7 Å². The average molecular weight is 537 g/mol. The predicted molar refractivity (Wildman–Crippen MR) is 137 cm³/mol. The Bertz CT molecular complexity index is 1550. The van der Waals surface area contributed by atoms with E-state index in [2.05, 4.69) is 26.0 Å². The minimum Gasteiger partial charge on any atom is -0.266 e. The van der Waals surface area contributed by atoms with Gasteiger partial charge in [0.05, 0.1) is 26.2 Å². The number of anilines is 1. The SMILES string of the molecule is O=C(c1cc2cc([N+](=O)[O-])ccc2s1)N(/N=C/c1ccccc1)c1nc2ccc(Br)cc2s1. The van der Waals surface area contributed by atoms with E-state index >= 15 is 0 Å². The molecular weight excluding hydrogens is 524 g/mol. The number of thiophene rings is 1. The van der Waals surface area contributed by atoms with E-state index in [9.17, 15) is 14.9 Å². The molecule has 0 radical (unpaired) electrons. The zero-order valence-electron chi connectivity index (χ0n) is 16.7. The molecule has 3 aromatic carbocycles. The number of rotatable bonds is 5. The highest BCUT2D eigenvalue weighted by molar-refractivity contribution is 9.10. The number of hydrogen-bond donors (Lipinski definition) is 0. The fourth-order valence-corrected chi connectivity index (χ4v) is 5.63. The van der Waals surface area contributed by atoms with Crippen molar-refractivity contribution in [3.05, 3.63) is 97.8 Å². The number of carbonyl (C=O) groups is 1. The van der Waals surface area contributed by atoms with Gasteiger partial charge in [0.25, 0.3) is 11.6 Å². The van der Waals surface area contributed by atoms with Crippen molar-refractivity contribution in [1.29, 1.82) is 0 Å². The number of fused-ring (bicyclic) bond motifs is 2. The Balaban J connectivity index is 1.58. The first-order valence-electron chi connectivity index (χ1n) is 9.65. The van der Waals surface area contributed by atoms with Crippen LogP contribution in [0, 0.1) is 10.1 Å². The first-order valence-corrected chi connectivity index (χ1v) is 12.1. The molecule has 162 valence electrons. The number of benzene rings is 3. The molecule has 0 N–H and O–H groups in total. The third kappa shape index (κ3) is 4.40. The van der Waals surface area contributed by atoms with Crippen molar-refractivity contribution in [3.63, 3.8) is 0 Å². The van der Waals surface area contributed by atoms with Crippen molar-refractivity contribution in [1.82, 2.24) is 4.98 Å². The van der Waals surface area contributed by atoms with Crippen LogP contribution in [0.3, 0.4) is 0 Å². The molecule has 0 unspecified atom stereocenters. The van der Waals surface area contributed by atoms with Crippen LogP contribution in [-0.2, 0) is 0 Å². The lowest BCUT2D eigenvalue weighted by Crippen LogP contribution is -2.24. The maximum Gasteiger partial charge on any atom is 0.290 e. The van der Waals surface area contributed by atoms with Crippen LogP contribution < -0.4 is 5.01 Å². The molecule has 5 rings (SSSR count). The summed E-state index contributed by atoms with van der Waals surface area (Å²) in [4.78, 5) is 29.2. The molecule has 7 nitrogen and oxygen atoms in total. The molecule has 2 heterocycles. The van der Waals surface area contributed by atoms with Gasteiger partial charge in [-0.3, -0.25) is 14.9 Å². The molecule has 33 heavy (non-hydrogen) atoms. The number of hydrogen-bond acceptors (Lipinski definition) is 7. The van der Waals surface area contributed by atoms with Crippen molar-refractivity contribution < 1.29 is 9.72 Å². The summed E-state index contributed by atoms with van der Waals surface area (Å²) in [5, 5.41) is 17.9. The average Bonchev–Trinajstić information content (AvgIpc) is 3.43. The molecule has 5 aromatic rings. The van der Waals surface area contributed by atoms with E-state index in [0.717, 1.165) is 25.0 Å². The molecule has 0 spiro atoms. The van der Waals surface area contributed by atoms with Gasteiger partial charge in [-0.15, -0.1) is 11.3 Å². The molecule has 0 saturated carbocycles. The second-order valence-electron chi connectivity index (χ2n) is 6.97. The van der Waals surface area contributed by atoms with E-state index < -0.39 is 4.92 Å². The number of nitrogens with zero attached hydrogens (tertiary/aromatic N) is 4. The number of halogens is 1. The quantitative estimate of drug-likeness (QED) is 0.139. The van der Waals surface area contributed by atoms with Crippen LogP contribution in [0.15, 0.2) is 82.4 Å². The number of amides is 1. The topological polar surface area (TPSA) is 88.7 Å². The van der Waals surface area contributed by atoms with Gasteiger partial charge in [-0.05, 0) is 35.9 Å². The third-order valence-electron chi connectivity index (χ3n) is 4.76. The summed E-state index contributed by atoms with van der Waals surface area (Å²) in [6.45, 7) is 0. The second-order valence-corrected chi connectivity index (χ2v) is 9.98. The van der Waals surface area contributed by atoms with E-state index in [4.69, 9.17) is 0 Å². The maximum absolute atomic E-state index is 13.5. The van der Waals surface area contributed by atoms with E-state index in [1.165, 1.54) is 39.8 Å². The standard InChI is InChI=1S/C23H13BrN4O3S2/c24-16-6-8-18-20(12-16)33-23(26-18)27(25-13-14-4-2-1-3-5-14)22(29)21-11-15-10-17(28(30)31)7-9-19(15)32-21/h1-13H/b25-13+. The largest absolute Gasteiger partial charge is 0.290 e. The van der Waals surface area contributed by atoms with Crippen molar-refractivity contribution in [2.24, 2.45) is 5.10 Å². The van der Waals surface area contributed by atoms with E-state index in [0.29, 0.717) is 15.4 Å². The van der Waals surface area contributed by atoms with Crippen LogP contribution in [0.5, 0.6) is 0 Å². The monoisotopic (exact) mass is 536 g/mol. The third-order valence-corrected chi connectivity index (χ3v) is 7.35. The van der Waals surface area contributed by atoms with Crippen LogP contribution in [0.1, 0.15) is 15.2 Å². The lowest BCUT2D eigenvalue weighted by molar-refractivity contribution is -0.384. The fraction of sp³-hybridized carbons (Fsp3) is 0. The molecule has 10 heteroatoms. The Hall–Kier alpha value is -3.47. The number of aromatic nitrogens is 1. The lowest BCUT2D eigenvalue weighted by atomic mass is 10.2. The van der Waals surface area contributed by atoms with E-state index in [1.54, 1.807) is 18.3 Å². The zero-order valence-corrected chi connectivity index (χ0v) is 19.9. The number of carbonyl (C=O) groups excluding carboxylic acids is 1. The van der Waals surface area contributed by atoms with Crippen molar-refractivity contribution in [3.8, 4) is 0 Å². The fourth-order valence-electron chi connectivity index (χ4n) is 3.18. The highest BCUT2D eigenvalue weighted by Gasteiger charge is 2.23. The van der Waals surface area contributed by atoms with Crippen LogP contribution in [0.4, 0.5) is 10.8 Å². The maximum atomic E-state index is 13.5. The number of hydrazone groups is 1. The Labute approximate surface area is 203 Å². The second kappa shape index (κ2) is 8.81. The number of thiazole rings is 1. The first-order chi connectivity index (χ1) is 16.0. The molecule has 0 aliphatic rings. The Morgan fingerprint density at radius 1 is 1.03 bits per heavy atom. The lowest BCUT2D eigenvalue weighted by Gasteiger charge is -2.12. The summed E-state index contributed by atoms with van der Waals surface area (Å²) in [5.41, 5.74) is 1.58. The van der Waals surface area contributed by atoms with Gasteiger partial charge in [-0.1, -0.05) is 57.6 Å². The van der Waals surface area contributed by atoms with Crippen LogP contribution in [0.25, 0.3) is 20.3 Å². The Morgan fingerprint density at radius 2 is 1.85 bits per heavy atom. The molecule has 2 aromatic heterocycles. The molecule has 0 fully saturated rings. The van der Waals surface area contributed by atoms with E-state index in [-0.39, 0.29) is 11.6 Å². The number of non-ortho nitro benzene ring substituents is 1. The number of nitro groups is 1. The van der Waals surface area contributed by atoms with Crippen LogP contribution in [0.2, 0.25) is 0 Å². The minimum absolute atomic E-state index is 0.0185. The highest BCUT2D eigenvalue weighted by Crippen LogP contribution is 2.34. The van der Waals surface area contributed by atoms with Gasteiger partial charge in [0.2, 0.25) is 5.13 Å². The Kier molecular flexibility index (Phi) is 5.71. The van der Waals surface area contributed by atoms with Gasteiger partial charge >= 0.3 is 0 Å². The van der Waals surface area contributed by atoms with Crippen molar-refractivity contribution in [2.45, 2.75) is 0 Å². The van der Waals surface area contributed by atoms with Crippen LogP contribution >= 0.6 is 38.6 Å². The summed E-state index contributed by atoms with van der Waals surface area (Å²) in [6.07, 6.45) is 1.61. The minimum atomic E-state index is -0.450. The van der Waals surface area contributed by atoms with Gasteiger partial charge in [-0.25, -0.2) is 4.98 Å². The first kappa shape index (κ1) is 21.4. The summed E-state index contributed by atoms with van der Waals surface area (Å²) in [7, 11) is 0. The van der Waals surface area contributed by atoms with Gasteiger partial charge in [0.15, 0.2) is 0 Å². The molecule has 0 bridgehead atoms. The van der Waals surface area contributed by atoms with Crippen molar-refractivity contribution in [2.75, 3.05) is 5.01 Å². The molecule has 0 saturated heterocycles. The summed E-state index contributed by atoms with van der Waals surface area (Å²) >= 11 is 6.08. The Morgan fingerprint density at radius 3 is 2.64 bits per heavy atom. The summed E-state index contributed by atoms with van der Waals surface area (Å²) < 4.78 is 2.62. The number of nitro benzene ring substituents is 1. The predicted octanol–water partition coefficient (Wildman–Crippen LogP) is 6.86. The van der Waals surface area contributed by atoms with Gasteiger partial charge < -0.3 is 0 Å². The smallest absolute Gasteiger partial charge is 0.266 e. The van der Waals surface area contributed by atoms with Gasteiger partial charge in [0.1, 0.15) is 0 Å². The van der Waals surface area contributed by atoms with Gasteiger partial charge in [-0.2, -0.15) is 10.1 Å².